The van der Waals surface area contributed by atoms with Gasteiger partial charge in [-0.3, -0.25) is 4.98 Å². The molecule has 1 aromatic heterocycles. The first-order valence-electron chi connectivity index (χ1n) is 7.95. The van der Waals surface area contributed by atoms with E-state index in [9.17, 15) is 0 Å². The van der Waals surface area contributed by atoms with E-state index in [1.807, 2.05) is 12.3 Å². The molecule has 112 valence electrons. The zero-order valence-electron chi connectivity index (χ0n) is 13.1. The molecule has 2 atom stereocenters. The van der Waals surface area contributed by atoms with Gasteiger partial charge in [0.2, 0.25) is 0 Å². The number of rotatable bonds is 6. The van der Waals surface area contributed by atoms with Crippen LogP contribution in [0.3, 0.4) is 0 Å². The Morgan fingerprint density at radius 3 is 3.00 bits per heavy atom. The molecular weight excluding hydrogens is 248 g/mol. The topological polar surface area (TPSA) is 34.1 Å². The summed E-state index contributed by atoms with van der Waals surface area (Å²) in [4.78, 5) is 4.40. The highest BCUT2D eigenvalue weighted by Crippen LogP contribution is 2.27. The van der Waals surface area contributed by atoms with Gasteiger partial charge in [0.25, 0.3) is 0 Å². The number of nitrogens with zero attached hydrogens (tertiary/aromatic N) is 1. The van der Waals surface area contributed by atoms with Gasteiger partial charge in [0.15, 0.2) is 0 Å². The molecule has 2 unspecified atom stereocenters. The molecule has 3 heteroatoms. The SMILES string of the molecule is CC(C)CNCc1cc(OC2CCCC(C)C2)ccn1. The summed E-state index contributed by atoms with van der Waals surface area (Å²) in [7, 11) is 0. The summed E-state index contributed by atoms with van der Waals surface area (Å²) >= 11 is 0. The second kappa shape index (κ2) is 7.63. The van der Waals surface area contributed by atoms with E-state index >= 15 is 0 Å². The lowest BCUT2D eigenvalue weighted by atomic mass is 9.89. The van der Waals surface area contributed by atoms with Crippen LogP contribution in [0.4, 0.5) is 0 Å². The molecule has 0 aliphatic heterocycles. The van der Waals surface area contributed by atoms with Crippen LogP contribution in [0, 0.1) is 11.8 Å². The number of hydrogen-bond acceptors (Lipinski definition) is 3. The molecule has 1 saturated carbocycles. The fourth-order valence-corrected chi connectivity index (χ4v) is 2.79. The largest absolute Gasteiger partial charge is 0.490 e. The third-order valence-corrected chi connectivity index (χ3v) is 3.84. The first-order valence-corrected chi connectivity index (χ1v) is 7.95. The lowest BCUT2D eigenvalue weighted by Crippen LogP contribution is -2.24. The van der Waals surface area contributed by atoms with E-state index in [1.165, 1.54) is 25.7 Å². The van der Waals surface area contributed by atoms with Crippen molar-refractivity contribution in [2.24, 2.45) is 11.8 Å². The van der Waals surface area contributed by atoms with Crippen molar-refractivity contribution in [1.29, 1.82) is 0 Å². The third-order valence-electron chi connectivity index (χ3n) is 3.84. The first-order chi connectivity index (χ1) is 9.63. The second-order valence-corrected chi connectivity index (χ2v) is 6.52. The van der Waals surface area contributed by atoms with Crippen LogP contribution in [-0.4, -0.2) is 17.6 Å². The molecule has 0 saturated heterocycles. The van der Waals surface area contributed by atoms with Crippen LogP contribution in [0.2, 0.25) is 0 Å². The highest BCUT2D eigenvalue weighted by Gasteiger charge is 2.20. The molecule has 1 aliphatic rings. The quantitative estimate of drug-likeness (QED) is 0.858. The zero-order chi connectivity index (χ0) is 14.4. The molecule has 1 aliphatic carbocycles. The molecule has 1 heterocycles. The van der Waals surface area contributed by atoms with E-state index in [1.54, 1.807) is 0 Å². The Kier molecular flexibility index (Phi) is 5.84. The Morgan fingerprint density at radius 1 is 1.40 bits per heavy atom. The predicted octanol–water partition coefficient (Wildman–Crippen LogP) is 3.78. The number of aromatic nitrogens is 1. The number of pyridine rings is 1. The summed E-state index contributed by atoms with van der Waals surface area (Å²) in [5, 5.41) is 3.42. The molecule has 1 fully saturated rings. The lowest BCUT2D eigenvalue weighted by molar-refractivity contribution is 0.129. The lowest BCUT2D eigenvalue weighted by Gasteiger charge is -2.27. The standard InChI is InChI=1S/C17H28N2O/c1-13(2)11-18-12-15-10-17(7-8-19-15)20-16-6-4-5-14(3)9-16/h7-8,10,13-14,16,18H,4-6,9,11-12H2,1-3H3. The van der Waals surface area contributed by atoms with Gasteiger partial charge in [0, 0.05) is 18.8 Å². The smallest absolute Gasteiger partial charge is 0.123 e. The summed E-state index contributed by atoms with van der Waals surface area (Å²) in [5.41, 5.74) is 1.06. The van der Waals surface area contributed by atoms with Crippen molar-refractivity contribution in [1.82, 2.24) is 10.3 Å². The van der Waals surface area contributed by atoms with Crippen molar-refractivity contribution in [2.45, 2.75) is 59.1 Å². The molecule has 0 radical (unpaired) electrons. The maximum Gasteiger partial charge on any atom is 0.123 e. The molecule has 20 heavy (non-hydrogen) atoms. The molecule has 1 N–H and O–H groups in total. The average molecular weight is 276 g/mol. The van der Waals surface area contributed by atoms with Crippen molar-refractivity contribution in [2.75, 3.05) is 6.54 Å². The normalized spacial score (nSPS) is 23.0. The molecule has 0 bridgehead atoms. The Labute approximate surface area is 123 Å². The van der Waals surface area contributed by atoms with Gasteiger partial charge >= 0.3 is 0 Å². The predicted molar refractivity (Wildman–Crippen MR) is 82.8 cm³/mol. The van der Waals surface area contributed by atoms with Crippen LogP contribution in [0.1, 0.15) is 52.1 Å². The van der Waals surface area contributed by atoms with Crippen molar-refractivity contribution < 1.29 is 4.74 Å². The van der Waals surface area contributed by atoms with Gasteiger partial charge in [-0.25, -0.2) is 0 Å². The summed E-state index contributed by atoms with van der Waals surface area (Å²) in [6.45, 7) is 8.58. The fourth-order valence-electron chi connectivity index (χ4n) is 2.79. The molecule has 2 rings (SSSR count). The van der Waals surface area contributed by atoms with Crippen LogP contribution < -0.4 is 10.1 Å². The van der Waals surface area contributed by atoms with E-state index in [-0.39, 0.29) is 0 Å². The van der Waals surface area contributed by atoms with E-state index in [0.29, 0.717) is 12.0 Å². The minimum Gasteiger partial charge on any atom is -0.490 e. The average Bonchev–Trinajstić information content (AvgIpc) is 2.39. The fraction of sp³-hybridized carbons (Fsp3) is 0.706. The minimum atomic E-state index is 0.387. The highest BCUT2D eigenvalue weighted by molar-refractivity contribution is 5.23. The van der Waals surface area contributed by atoms with Crippen molar-refractivity contribution in [3.63, 3.8) is 0 Å². The Hall–Kier alpha value is -1.09. The van der Waals surface area contributed by atoms with Gasteiger partial charge in [-0.2, -0.15) is 0 Å². The Bertz CT molecular complexity index is 406. The molecule has 0 amide bonds. The van der Waals surface area contributed by atoms with Gasteiger partial charge < -0.3 is 10.1 Å². The summed E-state index contributed by atoms with van der Waals surface area (Å²) in [5.74, 6) is 2.43. The molecule has 0 aromatic carbocycles. The Balaban J connectivity index is 1.85. The van der Waals surface area contributed by atoms with Crippen molar-refractivity contribution >= 4 is 0 Å². The first kappa shape index (κ1) is 15.3. The van der Waals surface area contributed by atoms with E-state index < -0.39 is 0 Å². The van der Waals surface area contributed by atoms with E-state index in [4.69, 9.17) is 4.74 Å². The number of hydrogen-bond donors (Lipinski definition) is 1. The molecule has 1 aromatic rings. The summed E-state index contributed by atoms with van der Waals surface area (Å²) in [6.07, 6.45) is 7.25. The summed E-state index contributed by atoms with van der Waals surface area (Å²) in [6, 6.07) is 4.05. The van der Waals surface area contributed by atoms with Gasteiger partial charge in [-0.1, -0.05) is 27.2 Å². The minimum absolute atomic E-state index is 0.387. The molecule has 3 nitrogen and oxygen atoms in total. The zero-order valence-corrected chi connectivity index (χ0v) is 13.1. The van der Waals surface area contributed by atoms with Crippen LogP contribution in [0.25, 0.3) is 0 Å². The maximum atomic E-state index is 6.13. The van der Waals surface area contributed by atoms with Gasteiger partial charge in [-0.15, -0.1) is 0 Å². The van der Waals surface area contributed by atoms with Crippen molar-refractivity contribution in [3.8, 4) is 5.75 Å². The Morgan fingerprint density at radius 2 is 2.25 bits per heavy atom. The van der Waals surface area contributed by atoms with Crippen LogP contribution in [0.15, 0.2) is 18.3 Å². The monoisotopic (exact) mass is 276 g/mol. The second-order valence-electron chi connectivity index (χ2n) is 6.52. The van der Waals surface area contributed by atoms with Crippen LogP contribution in [-0.2, 0) is 6.54 Å². The third kappa shape index (κ3) is 5.12. The van der Waals surface area contributed by atoms with E-state index in [2.05, 4.69) is 37.1 Å². The van der Waals surface area contributed by atoms with Gasteiger partial charge in [0.1, 0.15) is 5.75 Å². The number of nitrogens with one attached hydrogen (secondary N) is 1. The van der Waals surface area contributed by atoms with Crippen LogP contribution in [0.5, 0.6) is 5.75 Å². The highest BCUT2D eigenvalue weighted by atomic mass is 16.5. The molecular formula is C17H28N2O. The van der Waals surface area contributed by atoms with Gasteiger partial charge in [-0.05, 0) is 43.7 Å². The van der Waals surface area contributed by atoms with E-state index in [0.717, 1.165) is 30.5 Å². The van der Waals surface area contributed by atoms with Gasteiger partial charge in [0.05, 0.1) is 11.8 Å². The molecule has 0 spiro atoms. The summed E-state index contributed by atoms with van der Waals surface area (Å²) < 4.78 is 6.13. The number of ether oxygens (including phenoxy) is 1. The van der Waals surface area contributed by atoms with Crippen LogP contribution >= 0.6 is 0 Å². The van der Waals surface area contributed by atoms with Crippen molar-refractivity contribution in [3.05, 3.63) is 24.0 Å². The maximum absolute atomic E-state index is 6.13.